The topological polar surface area (TPSA) is 38.3 Å². The van der Waals surface area contributed by atoms with Gasteiger partial charge >= 0.3 is 6.09 Å². The SMILES string of the molecule is Cc1cc(C(C)(C)C)cc(C(C)(C)C)c1OC(=O)Nc1ccccc1. The van der Waals surface area contributed by atoms with Crippen LogP contribution in [0.25, 0.3) is 0 Å². The second kappa shape index (κ2) is 6.91. The zero-order chi connectivity index (χ0) is 18.8. The molecule has 0 aliphatic rings. The molecule has 25 heavy (non-hydrogen) atoms. The molecule has 0 spiro atoms. The summed E-state index contributed by atoms with van der Waals surface area (Å²) in [5.74, 6) is 0.647. The van der Waals surface area contributed by atoms with Crippen LogP contribution < -0.4 is 10.1 Å². The first-order valence-electron chi connectivity index (χ1n) is 8.68. The number of hydrogen-bond acceptors (Lipinski definition) is 2. The van der Waals surface area contributed by atoms with Crippen LogP contribution in [0, 0.1) is 6.92 Å². The molecule has 3 heteroatoms. The molecule has 0 unspecified atom stereocenters. The average Bonchev–Trinajstić information content (AvgIpc) is 2.47. The van der Waals surface area contributed by atoms with Crippen molar-refractivity contribution in [3.8, 4) is 5.75 Å². The van der Waals surface area contributed by atoms with E-state index in [4.69, 9.17) is 4.74 Å². The fourth-order valence-electron chi connectivity index (χ4n) is 2.66. The lowest BCUT2D eigenvalue weighted by Gasteiger charge is -2.28. The Labute approximate surface area is 151 Å². The molecule has 0 bridgehead atoms. The maximum atomic E-state index is 12.4. The Hall–Kier alpha value is -2.29. The normalized spacial score (nSPS) is 12.0. The zero-order valence-electron chi connectivity index (χ0n) is 16.4. The van der Waals surface area contributed by atoms with Crippen molar-refractivity contribution in [2.75, 3.05) is 5.32 Å². The third kappa shape index (κ3) is 4.85. The van der Waals surface area contributed by atoms with Crippen molar-refractivity contribution in [1.82, 2.24) is 0 Å². The first kappa shape index (κ1) is 19.0. The van der Waals surface area contributed by atoms with Gasteiger partial charge in [-0.3, -0.25) is 5.32 Å². The highest BCUT2D eigenvalue weighted by Gasteiger charge is 2.26. The van der Waals surface area contributed by atoms with Gasteiger partial charge in [0, 0.05) is 11.3 Å². The van der Waals surface area contributed by atoms with Crippen molar-refractivity contribution in [3.05, 3.63) is 59.2 Å². The molecular weight excluding hydrogens is 310 g/mol. The van der Waals surface area contributed by atoms with Gasteiger partial charge in [0.15, 0.2) is 0 Å². The minimum atomic E-state index is -0.469. The fraction of sp³-hybridized carbons (Fsp3) is 0.409. The van der Waals surface area contributed by atoms with Gasteiger partial charge in [0.25, 0.3) is 0 Å². The number of benzene rings is 2. The number of ether oxygens (including phenoxy) is 1. The summed E-state index contributed by atoms with van der Waals surface area (Å²) >= 11 is 0. The molecule has 0 atom stereocenters. The molecule has 0 heterocycles. The van der Waals surface area contributed by atoms with Gasteiger partial charge in [0.05, 0.1) is 0 Å². The molecule has 3 nitrogen and oxygen atoms in total. The molecule has 0 aromatic heterocycles. The van der Waals surface area contributed by atoms with E-state index in [9.17, 15) is 4.79 Å². The van der Waals surface area contributed by atoms with Crippen molar-refractivity contribution in [2.24, 2.45) is 0 Å². The van der Waals surface area contributed by atoms with Gasteiger partial charge in [-0.05, 0) is 41.0 Å². The van der Waals surface area contributed by atoms with E-state index < -0.39 is 6.09 Å². The first-order valence-corrected chi connectivity index (χ1v) is 8.68. The van der Waals surface area contributed by atoms with Crippen LogP contribution in [0.15, 0.2) is 42.5 Å². The smallest absolute Gasteiger partial charge is 0.410 e. The summed E-state index contributed by atoms with van der Waals surface area (Å²) in [5, 5.41) is 2.78. The summed E-state index contributed by atoms with van der Waals surface area (Å²) in [6.07, 6.45) is -0.469. The number of hydrogen-bond donors (Lipinski definition) is 1. The molecule has 1 amide bonds. The van der Waals surface area contributed by atoms with Crippen molar-refractivity contribution in [1.29, 1.82) is 0 Å². The molecule has 134 valence electrons. The fourth-order valence-corrected chi connectivity index (χ4v) is 2.66. The first-order chi connectivity index (χ1) is 11.5. The lowest BCUT2D eigenvalue weighted by Crippen LogP contribution is -2.22. The molecule has 0 saturated carbocycles. The Morgan fingerprint density at radius 2 is 1.52 bits per heavy atom. The maximum Gasteiger partial charge on any atom is 0.417 e. The number of aryl methyl sites for hydroxylation is 1. The second-order valence-electron chi connectivity index (χ2n) is 8.55. The van der Waals surface area contributed by atoms with E-state index >= 15 is 0 Å². The van der Waals surface area contributed by atoms with E-state index in [1.54, 1.807) is 0 Å². The molecule has 0 radical (unpaired) electrons. The minimum Gasteiger partial charge on any atom is -0.410 e. The molecule has 0 fully saturated rings. The largest absolute Gasteiger partial charge is 0.417 e. The number of carbonyl (C=O) groups is 1. The monoisotopic (exact) mass is 339 g/mol. The third-order valence-electron chi connectivity index (χ3n) is 4.16. The molecule has 2 aromatic rings. The molecule has 2 rings (SSSR count). The van der Waals surface area contributed by atoms with Crippen molar-refractivity contribution < 1.29 is 9.53 Å². The van der Waals surface area contributed by atoms with E-state index in [0.717, 1.165) is 11.1 Å². The van der Waals surface area contributed by atoms with Gasteiger partial charge in [-0.15, -0.1) is 0 Å². The second-order valence-corrected chi connectivity index (χ2v) is 8.55. The number of rotatable bonds is 2. The summed E-state index contributed by atoms with van der Waals surface area (Å²) in [7, 11) is 0. The number of para-hydroxylation sites is 1. The van der Waals surface area contributed by atoms with E-state index in [1.807, 2.05) is 37.3 Å². The van der Waals surface area contributed by atoms with Crippen molar-refractivity contribution in [3.63, 3.8) is 0 Å². The van der Waals surface area contributed by atoms with Gasteiger partial charge in [0.1, 0.15) is 5.75 Å². The van der Waals surface area contributed by atoms with Gasteiger partial charge < -0.3 is 4.74 Å². The minimum absolute atomic E-state index is 0.0373. The molecule has 1 N–H and O–H groups in total. The quantitative estimate of drug-likeness (QED) is 0.707. The van der Waals surface area contributed by atoms with Crippen LogP contribution >= 0.6 is 0 Å². The molecule has 2 aromatic carbocycles. The summed E-state index contributed by atoms with van der Waals surface area (Å²) in [6, 6.07) is 13.6. The van der Waals surface area contributed by atoms with Crippen LogP contribution in [-0.4, -0.2) is 6.09 Å². The lowest BCUT2D eigenvalue weighted by molar-refractivity contribution is 0.214. The Kier molecular flexibility index (Phi) is 5.26. The number of amides is 1. The third-order valence-corrected chi connectivity index (χ3v) is 4.16. The molecule has 0 aliphatic carbocycles. The van der Waals surface area contributed by atoms with Gasteiger partial charge in [0.2, 0.25) is 0 Å². The molecular formula is C22H29NO2. The standard InChI is InChI=1S/C22H29NO2/c1-15-13-16(21(2,3)4)14-18(22(5,6)7)19(15)25-20(24)23-17-11-9-8-10-12-17/h8-14H,1-7H3,(H,23,24). The summed E-state index contributed by atoms with van der Waals surface area (Å²) in [6.45, 7) is 15.0. The number of anilines is 1. The van der Waals surface area contributed by atoms with Crippen LogP contribution in [0.5, 0.6) is 5.75 Å². The predicted octanol–water partition coefficient (Wildman–Crippen LogP) is 6.20. The van der Waals surface area contributed by atoms with Crippen molar-refractivity contribution >= 4 is 11.8 Å². The highest BCUT2D eigenvalue weighted by Crippen LogP contribution is 2.38. The Balaban J connectivity index is 2.38. The average molecular weight is 339 g/mol. The number of carbonyl (C=O) groups excluding carboxylic acids is 1. The summed E-state index contributed by atoms with van der Waals surface area (Å²) < 4.78 is 5.72. The maximum absolute atomic E-state index is 12.4. The molecule has 0 saturated heterocycles. The Morgan fingerprint density at radius 1 is 0.920 bits per heavy atom. The van der Waals surface area contributed by atoms with Crippen LogP contribution in [0.4, 0.5) is 10.5 Å². The highest BCUT2D eigenvalue weighted by molar-refractivity contribution is 5.86. The summed E-state index contributed by atoms with van der Waals surface area (Å²) in [4.78, 5) is 12.4. The lowest BCUT2D eigenvalue weighted by atomic mass is 9.79. The van der Waals surface area contributed by atoms with Crippen molar-refractivity contribution in [2.45, 2.75) is 59.3 Å². The van der Waals surface area contributed by atoms with E-state index in [1.165, 1.54) is 5.56 Å². The van der Waals surface area contributed by atoms with Crippen LogP contribution in [0.2, 0.25) is 0 Å². The van der Waals surface area contributed by atoms with Gasteiger partial charge in [-0.1, -0.05) is 71.9 Å². The van der Waals surface area contributed by atoms with Crippen LogP contribution in [-0.2, 0) is 10.8 Å². The molecule has 0 aliphatic heterocycles. The van der Waals surface area contributed by atoms with Gasteiger partial charge in [-0.2, -0.15) is 0 Å². The zero-order valence-corrected chi connectivity index (χ0v) is 16.4. The van der Waals surface area contributed by atoms with E-state index in [0.29, 0.717) is 11.4 Å². The Morgan fingerprint density at radius 3 is 2.04 bits per heavy atom. The van der Waals surface area contributed by atoms with Crippen LogP contribution in [0.1, 0.15) is 58.2 Å². The number of nitrogens with one attached hydrogen (secondary N) is 1. The van der Waals surface area contributed by atoms with E-state index in [-0.39, 0.29) is 10.8 Å². The van der Waals surface area contributed by atoms with E-state index in [2.05, 4.69) is 59.0 Å². The van der Waals surface area contributed by atoms with Crippen LogP contribution in [0.3, 0.4) is 0 Å². The highest BCUT2D eigenvalue weighted by atomic mass is 16.6. The predicted molar refractivity (Wildman–Crippen MR) is 105 cm³/mol. The Bertz CT molecular complexity index is 750. The summed E-state index contributed by atoms with van der Waals surface area (Å²) in [5.41, 5.74) is 3.88. The van der Waals surface area contributed by atoms with Gasteiger partial charge in [-0.25, -0.2) is 4.79 Å².